The first-order valence-corrected chi connectivity index (χ1v) is 3.61. The van der Waals surface area contributed by atoms with Gasteiger partial charge < -0.3 is 0 Å². The second kappa shape index (κ2) is 2.37. The standard InChI is InChI=1S/C3IN3S/c4-3-7-6-2(1-5)8-3. The molecule has 1 heterocycles. The summed E-state index contributed by atoms with van der Waals surface area (Å²) < 4.78 is 0.805. The van der Waals surface area contributed by atoms with Crippen molar-refractivity contribution in [2.75, 3.05) is 0 Å². The van der Waals surface area contributed by atoms with Crippen LogP contribution in [0.15, 0.2) is 0 Å². The molecule has 1 rings (SSSR count). The molecule has 0 fully saturated rings. The van der Waals surface area contributed by atoms with E-state index in [9.17, 15) is 0 Å². The maximum atomic E-state index is 8.21. The molecule has 0 atom stereocenters. The molecular formula is C3IN3S. The number of rotatable bonds is 0. The molecule has 0 aliphatic heterocycles. The third-order valence-electron chi connectivity index (χ3n) is 0.496. The van der Waals surface area contributed by atoms with E-state index in [1.54, 1.807) is 0 Å². The Hall–Kier alpha value is -0.220. The predicted molar refractivity (Wildman–Crippen MR) is 37.3 cm³/mol. The van der Waals surface area contributed by atoms with Crippen LogP contribution in [0.25, 0.3) is 0 Å². The fraction of sp³-hybridized carbons (Fsp3) is 0. The number of halogens is 1. The maximum Gasteiger partial charge on any atom is 0.218 e. The van der Waals surface area contributed by atoms with Gasteiger partial charge in [-0.15, -0.1) is 10.2 Å². The molecule has 0 saturated carbocycles. The van der Waals surface area contributed by atoms with Gasteiger partial charge in [0.2, 0.25) is 5.01 Å². The van der Waals surface area contributed by atoms with Crippen LogP contribution in [-0.2, 0) is 0 Å². The summed E-state index contributed by atoms with van der Waals surface area (Å²) in [6, 6.07) is 1.89. The smallest absolute Gasteiger partial charge is 0.190 e. The molecule has 0 N–H and O–H groups in total. The van der Waals surface area contributed by atoms with Crippen molar-refractivity contribution in [1.29, 1.82) is 5.26 Å². The second-order valence-electron chi connectivity index (χ2n) is 0.972. The van der Waals surface area contributed by atoms with Crippen molar-refractivity contribution in [2.45, 2.75) is 0 Å². The van der Waals surface area contributed by atoms with Crippen molar-refractivity contribution < 1.29 is 0 Å². The van der Waals surface area contributed by atoms with Crippen molar-refractivity contribution in [3.05, 3.63) is 8.02 Å². The third kappa shape index (κ3) is 1.14. The van der Waals surface area contributed by atoms with Gasteiger partial charge in [-0.2, -0.15) is 5.26 Å². The van der Waals surface area contributed by atoms with E-state index in [2.05, 4.69) is 10.2 Å². The van der Waals surface area contributed by atoms with Crippen LogP contribution in [0.4, 0.5) is 0 Å². The summed E-state index contributed by atoms with van der Waals surface area (Å²) in [6.07, 6.45) is 0. The quantitative estimate of drug-likeness (QED) is 0.633. The molecule has 0 aliphatic carbocycles. The lowest BCUT2D eigenvalue weighted by Gasteiger charge is -1.61. The van der Waals surface area contributed by atoms with Crippen LogP contribution >= 0.6 is 33.9 Å². The molecule has 0 radical (unpaired) electrons. The average Bonchev–Trinajstić information content (AvgIpc) is 2.14. The maximum absolute atomic E-state index is 8.21. The Morgan fingerprint density at radius 2 is 2.38 bits per heavy atom. The zero-order valence-corrected chi connectivity index (χ0v) is 6.60. The highest BCUT2D eigenvalue weighted by atomic mass is 127. The lowest BCUT2D eigenvalue weighted by Crippen LogP contribution is -1.69. The summed E-state index contributed by atoms with van der Waals surface area (Å²) in [7, 11) is 0. The second-order valence-corrected chi connectivity index (χ2v) is 3.70. The molecule has 0 bridgehead atoms. The van der Waals surface area contributed by atoms with Crippen LogP contribution in [0, 0.1) is 14.3 Å². The molecular weight excluding hydrogens is 237 g/mol. The van der Waals surface area contributed by atoms with Gasteiger partial charge in [0.15, 0.2) is 3.01 Å². The first kappa shape index (κ1) is 5.91. The van der Waals surface area contributed by atoms with Crippen LogP contribution in [0.5, 0.6) is 0 Å². The van der Waals surface area contributed by atoms with Gasteiger partial charge in [0.25, 0.3) is 0 Å². The number of hydrogen-bond acceptors (Lipinski definition) is 4. The number of aromatic nitrogens is 2. The molecule has 1 aromatic rings. The molecule has 40 valence electrons. The fourth-order valence-corrected chi connectivity index (χ4v) is 1.35. The van der Waals surface area contributed by atoms with E-state index in [4.69, 9.17) is 5.26 Å². The lowest BCUT2D eigenvalue weighted by atomic mass is 10.8. The van der Waals surface area contributed by atoms with Gasteiger partial charge in [-0.3, -0.25) is 0 Å². The van der Waals surface area contributed by atoms with Crippen molar-refractivity contribution >= 4 is 33.9 Å². The zero-order chi connectivity index (χ0) is 5.98. The Labute approximate surface area is 63.5 Å². The van der Waals surface area contributed by atoms with E-state index in [1.165, 1.54) is 11.3 Å². The van der Waals surface area contributed by atoms with Crippen molar-refractivity contribution in [3.63, 3.8) is 0 Å². The molecule has 0 spiro atoms. The predicted octanol–water partition coefficient (Wildman–Crippen LogP) is 1.01. The Kier molecular flexibility index (Phi) is 1.75. The molecule has 0 aromatic carbocycles. The first-order chi connectivity index (χ1) is 3.83. The van der Waals surface area contributed by atoms with Gasteiger partial charge in [0.05, 0.1) is 0 Å². The Morgan fingerprint density at radius 3 is 2.62 bits per heavy atom. The number of nitriles is 1. The van der Waals surface area contributed by atoms with Gasteiger partial charge in [-0.05, 0) is 22.6 Å². The first-order valence-electron chi connectivity index (χ1n) is 1.72. The van der Waals surface area contributed by atoms with E-state index in [1.807, 2.05) is 28.7 Å². The van der Waals surface area contributed by atoms with Gasteiger partial charge in [-0.25, -0.2) is 0 Å². The number of nitrogens with zero attached hydrogens (tertiary/aromatic N) is 3. The molecule has 8 heavy (non-hydrogen) atoms. The highest BCUT2D eigenvalue weighted by Gasteiger charge is 1.95. The monoisotopic (exact) mass is 237 g/mol. The van der Waals surface area contributed by atoms with Crippen molar-refractivity contribution in [3.8, 4) is 6.07 Å². The van der Waals surface area contributed by atoms with Gasteiger partial charge in [0, 0.05) is 0 Å². The molecule has 1 aromatic heterocycles. The highest BCUT2D eigenvalue weighted by molar-refractivity contribution is 14.1. The SMILES string of the molecule is N#Cc1nnc(I)s1. The number of hydrogen-bond donors (Lipinski definition) is 0. The summed E-state index contributed by atoms with van der Waals surface area (Å²) in [6.45, 7) is 0. The Morgan fingerprint density at radius 1 is 1.62 bits per heavy atom. The lowest BCUT2D eigenvalue weighted by molar-refractivity contribution is 1.05. The third-order valence-corrected chi connectivity index (χ3v) is 1.99. The summed E-state index contributed by atoms with van der Waals surface area (Å²) in [5, 5.41) is 15.8. The van der Waals surface area contributed by atoms with E-state index < -0.39 is 0 Å². The van der Waals surface area contributed by atoms with Crippen LogP contribution < -0.4 is 0 Å². The molecule has 3 nitrogen and oxygen atoms in total. The normalized spacial score (nSPS) is 8.50. The molecule has 0 unspecified atom stereocenters. The molecule has 0 aliphatic rings. The minimum absolute atomic E-state index is 0.425. The van der Waals surface area contributed by atoms with Gasteiger partial charge in [-0.1, -0.05) is 11.3 Å². The minimum Gasteiger partial charge on any atom is -0.190 e. The summed E-state index contributed by atoms with van der Waals surface area (Å²) in [5.74, 6) is 0. The van der Waals surface area contributed by atoms with E-state index in [0.29, 0.717) is 5.01 Å². The molecule has 0 saturated heterocycles. The molecule has 5 heteroatoms. The Bertz CT molecular complexity index is 225. The highest BCUT2D eigenvalue weighted by Crippen LogP contribution is 2.09. The van der Waals surface area contributed by atoms with Crippen molar-refractivity contribution in [1.82, 2.24) is 10.2 Å². The zero-order valence-electron chi connectivity index (χ0n) is 3.63. The Balaban J connectivity index is 3.05. The van der Waals surface area contributed by atoms with Crippen molar-refractivity contribution in [2.24, 2.45) is 0 Å². The largest absolute Gasteiger partial charge is 0.218 e. The van der Waals surface area contributed by atoms with Crippen LogP contribution in [0.2, 0.25) is 0 Å². The molecule has 0 amide bonds. The van der Waals surface area contributed by atoms with Crippen LogP contribution in [-0.4, -0.2) is 10.2 Å². The van der Waals surface area contributed by atoms with Gasteiger partial charge in [0.1, 0.15) is 6.07 Å². The summed E-state index contributed by atoms with van der Waals surface area (Å²) in [5.41, 5.74) is 0. The van der Waals surface area contributed by atoms with E-state index in [0.717, 1.165) is 3.01 Å². The van der Waals surface area contributed by atoms with Crippen LogP contribution in [0.1, 0.15) is 5.01 Å². The minimum atomic E-state index is 0.425. The summed E-state index contributed by atoms with van der Waals surface area (Å²) in [4.78, 5) is 0. The summed E-state index contributed by atoms with van der Waals surface area (Å²) >= 11 is 3.31. The van der Waals surface area contributed by atoms with E-state index >= 15 is 0 Å². The average molecular weight is 237 g/mol. The topological polar surface area (TPSA) is 49.6 Å². The van der Waals surface area contributed by atoms with E-state index in [-0.39, 0.29) is 0 Å². The van der Waals surface area contributed by atoms with Crippen LogP contribution in [0.3, 0.4) is 0 Å². The van der Waals surface area contributed by atoms with Gasteiger partial charge >= 0.3 is 0 Å². The fourth-order valence-electron chi connectivity index (χ4n) is 0.251.